The van der Waals surface area contributed by atoms with Gasteiger partial charge in [-0.2, -0.15) is 0 Å². The molecule has 0 aliphatic rings. The van der Waals surface area contributed by atoms with Crippen LogP contribution in [-0.2, 0) is 0 Å². The number of benzene rings is 1. The van der Waals surface area contributed by atoms with E-state index in [1.807, 2.05) is 35.8 Å². The molecule has 1 aromatic carbocycles. The number of hydrogen-bond acceptors (Lipinski definition) is 4. The summed E-state index contributed by atoms with van der Waals surface area (Å²) in [7, 11) is 0. The van der Waals surface area contributed by atoms with Gasteiger partial charge in [-0.05, 0) is 18.2 Å². The number of nitrogens with zero attached hydrogens (tertiary/aromatic N) is 1. The molecule has 4 aromatic rings. The first-order chi connectivity index (χ1) is 10.8. The Morgan fingerprint density at radius 1 is 1.23 bits per heavy atom. The fourth-order valence-corrected chi connectivity index (χ4v) is 3.01. The smallest absolute Gasteiger partial charge is 0.293 e. The Morgan fingerprint density at radius 3 is 3.00 bits per heavy atom. The first-order valence-electron chi connectivity index (χ1n) is 6.68. The maximum absolute atomic E-state index is 11.9. The highest BCUT2D eigenvalue weighted by molar-refractivity contribution is 7.14. The van der Waals surface area contributed by atoms with Crippen molar-refractivity contribution in [2.75, 3.05) is 5.32 Å². The normalized spacial score (nSPS) is 10.9. The van der Waals surface area contributed by atoms with Crippen LogP contribution in [0.3, 0.4) is 0 Å². The number of para-hydroxylation sites is 1. The maximum Gasteiger partial charge on any atom is 0.293 e. The summed E-state index contributed by atoms with van der Waals surface area (Å²) in [6.45, 7) is 0. The molecule has 1 amide bonds. The highest BCUT2D eigenvalue weighted by Crippen LogP contribution is 2.31. The first kappa shape index (κ1) is 12.8. The van der Waals surface area contributed by atoms with E-state index < -0.39 is 0 Å². The number of fused-ring (bicyclic) bond motifs is 1. The third kappa shape index (κ3) is 2.19. The van der Waals surface area contributed by atoms with E-state index in [-0.39, 0.29) is 11.7 Å². The number of carbonyl (C=O) groups is 1. The van der Waals surface area contributed by atoms with Crippen LogP contribution in [0.15, 0.2) is 58.7 Å². The number of carbonyl (C=O) groups excluding carboxylic acids is 1. The fourth-order valence-electron chi connectivity index (χ4n) is 2.30. The maximum atomic E-state index is 11.9. The number of aromatic nitrogens is 2. The molecule has 5 nitrogen and oxygen atoms in total. The number of amides is 1. The third-order valence-electron chi connectivity index (χ3n) is 3.33. The number of H-pyrrole nitrogens is 1. The lowest BCUT2D eigenvalue weighted by Crippen LogP contribution is -2.10. The van der Waals surface area contributed by atoms with Crippen molar-refractivity contribution in [1.29, 1.82) is 0 Å². The topological polar surface area (TPSA) is 70.9 Å². The molecular weight excluding hydrogens is 298 g/mol. The van der Waals surface area contributed by atoms with E-state index in [0.29, 0.717) is 5.13 Å². The molecule has 0 aliphatic carbocycles. The molecule has 0 fully saturated rings. The average molecular weight is 309 g/mol. The SMILES string of the molecule is O=C(Nc1nc(-c2c[nH]c3ccccc23)cs1)c1ccco1. The van der Waals surface area contributed by atoms with E-state index in [4.69, 9.17) is 4.42 Å². The van der Waals surface area contributed by atoms with E-state index in [1.165, 1.54) is 17.6 Å². The summed E-state index contributed by atoms with van der Waals surface area (Å²) in [6, 6.07) is 11.3. The fraction of sp³-hybridized carbons (Fsp3) is 0. The molecule has 0 bridgehead atoms. The van der Waals surface area contributed by atoms with E-state index in [0.717, 1.165) is 22.2 Å². The Morgan fingerprint density at radius 2 is 2.14 bits per heavy atom. The number of nitrogens with one attached hydrogen (secondary N) is 2. The number of rotatable bonds is 3. The molecule has 0 saturated heterocycles. The molecule has 0 unspecified atom stereocenters. The molecule has 22 heavy (non-hydrogen) atoms. The van der Waals surface area contributed by atoms with Gasteiger partial charge in [0, 0.05) is 28.0 Å². The lowest BCUT2D eigenvalue weighted by atomic mass is 10.1. The first-order valence-corrected chi connectivity index (χ1v) is 7.56. The summed E-state index contributed by atoms with van der Waals surface area (Å²) in [5.74, 6) is -0.0336. The standard InChI is InChI=1S/C16H11N3O2S/c20-15(14-6-3-7-21-14)19-16-18-13(9-22-16)11-8-17-12-5-2-1-4-10(11)12/h1-9,17H,(H,18,19,20). The zero-order valence-electron chi connectivity index (χ0n) is 11.4. The minimum atomic E-state index is -0.301. The van der Waals surface area contributed by atoms with Crippen LogP contribution in [0.2, 0.25) is 0 Å². The molecule has 3 aromatic heterocycles. The highest BCUT2D eigenvalue weighted by atomic mass is 32.1. The van der Waals surface area contributed by atoms with Crippen molar-refractivity contribution in [2.24, 2.45) is 0 Å². The lowest BCUT2D eigenvalue weighted by Gasteiger charge is -1.97. The zero-order valence-corrected chi connectivity index (χ0v) is 12.2. The van der Waals surface area contributed by atoms with Gasteiger partial charge in [0.15, 0.2) is 10.9 Å². The van der Waals surface area contributed by atoms with E-state index >= 15 is 0 Å². The predicted molar refractivity (Wildman–Crippen MR) is 86.1 cm³/mol. The molecule has 0 saturated carbocycles. The van der Waals surface area contributed by atoms with Crippen molar-refractivity contribution >= 4 is 33.3 Å². The molecule has 6 heteroatoms. The van der Waals surface area contributed by atoms with Crippen LogP contribution in [0, 0.1) is 0 Å². The van der Waals surface area contributed by atoms with Gasteiger partial charge in [0.1, 0.15) is 0 Å². The summed E-state index contributed by atoms with van der Waals surface area (Å²) in [4.78, 5) is 19.6. The molecule has 0 atom stereocenters. The number of anilines is 1. The lowest BCUT2D eigenvalue weighted by molar-refractivity contribution is 0.0996. The van der Waals surface area contributed by atoms with Crippen molar-refractivity contribution < 1.29 is 9.21 Å². The van der Waals surface area contributed by atoms with E-state index in [2.05, 4.69) is 15.3 Å². The summed E-state index contributed by atoms with van der Waals surface area (Å²) >= 11 is 1.38. The molecule has 4 rings (SSSR count). The van der Waals surface area contributed by atoms with E-state index in [1.54, 1.807) is 12.1 Å². The molecule has 0 radical (unpaired) electrons. The van der Waals surface area contributed by atoms with Crippen molar-refractivity contribution in [3.8, 4) is 11.3 Å². The van der Waals surface area contributed by atoms with Crippen molar-refractivity contribution in [1.82, 2.24) is 9.97 Å². The number of hydrogen-bond donors (Lipinski definition) is 2. The molecule has 108 valence electrons. The van der Waals surface area contributed by atoms with Crippen molar-refractivity contribution in [2.45, 2.75) is 0 Å². The van der Waals surface area contributed by atoms with Gasteiger partial charge in [0.05, 0.1) is 12.0 Å². The van der Waals surface area contributed by atoms with Crippen LogP contribution in [-0.4, -0.2) is 15.9 Å². The van der Waals surface area contributed by atoms with Crippen molar-refractivity contribution in [3.05, 3.63) is 60.0 Å². The van der Waals surface area contributed by atoms with Gasteiger partial charge >= 0.3 is 0 Å². The molecular formula is C16H11N3O2S. The zero-order chi connectivity index (χ0) is 14.9. The number of aromatic amines is 1. The average Bonchev–Trinajstić information content (AvgIpc) is 3.27. The van der Waals surface area contributed by atoms with Crippen LogP contribution in [0.1, 0.15) is 10.6 Å². The predicted octanol–water partition coefficient (Wildman–Crippen LogP) is 4.14. The Kier molecular flexibility index (Phi) is 3.01. The number of thiazole rings is 1. The second kappa shape index (κ2) is 5.16. The second-order valence-corrected chi connectivity index (χ2v) is 5.58. The quantitative estimate of drug-likeness (QED) is 0.597. The van der Waals surface area contributed by atoms with Crippen LogP contribution in [0.5, 0.6) is 0 Å². The van der Waals surface area contributed by atoms with Gasteiger partial charge < -0.3 is 9.40 Å². The largest absolute Gasteiger partial charge is 0.459 e. The van der Waals surface area contributed by atoms with Crippen LogP contribution in [0.4, 0.5) is 5.13 Å². The van der Waals surface area contributed by atoms with Gasteiger partial charge in [0.2, 0.25) is 0 Å². The summed E-state index contributed by atoms with van der Waals surface area (Å²) in [5.41, 5.74) is 2.91. The van der Waals surface area contributed by atoms with E-state index in [9.17, 15) is 4.79 Å². The Bertz CT molecular complexity index is 937. The molecule has 2 N–H and O–H groups in total. The molecule has 0 aliphatic heterocycles. The molecule has 3 heterocycles. The van der Waals surface area contributed by atoms with Gasteiger partial charge in [-0.25, -0.2) is 4.98 Å². The highest BCUT2D eigenvalue weighted by Gasteiger charge is 2.13. The summed E-state index contributed by atoms with van der Waals surface area (Å²) in [6.07, 6.45) is 3.39. The second-order valence-electron chi connectivity index (χ2n) is 4.72. The Balaban J connectivity index is 1.63. The monoisotopic (exact) mass is 309 g/mol. The third-order valence-corrected chi connectivity index (χ3v) is 4.09. The minimum Gasteiger partial charge on any atom is -0.459 e. The van der Waals surface area contributed by atoms with Gasteiger partial charge in [-0.15, -0.1) is 11.3 Å². The van der Waals surface area contributed by atoms with Crippen molar-refractivity contribution in [3.63, 3.8) is 0 Å². The minimum absolute atomic E-state index is 0.267. The van der Waals surface area contributed by atoms with Crippen LogP contribution >= 0.6 is 11.3 Å². The summed E-state index contributed by atoms with van der Waals surface area (Å²) < 4.78 is 5.06. The van der Waals surface area contributed by atoms with Gasteiger partial charge in [0.25, 0.3) is 5.91 Å². The summed E-state index contributed by atoms with van der Waals surface area (Å²) in [5, 5.41) is 6.31. The Labute approximate surface area is 129 Å². The molecule has 0 spiro atoms. The van der Waals surface area contributed by atoms with Crippen LogP contribution < -0.4 is 5.32 Å². The van der Waals surface area contributed by atoms with Gasteiger partial charge in [-0.3, -0.25) is 10.1 Å². The van der Waals surface area contributed by atoms with Crippen LogP contribution in [0.25, 0.3) is 22.2 Å². The van der Waals surface area contributed by atoms with Gasteiger partial charge in [-0.1, -0.05) is 18.2 Å². The Hall–Kier alpha value is -2.86. The number of furan rings is 1.